The number of aromatic nitrogens is 2. The van der Waals surface area contributed by atoms with Crippen molar-refractivity contribution in [1.82, 2.24) is 0 Å². The van der Waals surface area contributed by atoms with Crippen molar-refractivity contribution in [2.45, 2.75) is 52.4 Å². The molecule has 1 aliphatic rings. The third-order valence-corrected chi connectivity index (χ3v) is 5.18. The number of pyridine rings is 2. The summed E-state index contributed by atoms with van der Waals surface area (Å²) in [6.07, 6.45) is 6.12. The van der Waals surface area contributed by atoms with Crippen LogP contribution in [0.1, 0.15) is 52.7 Å². The molecule has 0 saturated heterocycles. The molecule has 0 spiro atoms. The van der Waals surface area contributed by atoms with Crippen LogP contribution in [0.2, 0.25) is 0 Å². The molecule has 0 unspecified atom stereocenters. The predicted molar refractivity (Wildman–Crippen MR) is 107 cm³/mol. The summed E-state index contributed by atoms with van der Waals surface area (Å²) in [7, 11) is 0. The molecule has 0 saturated carbocycles. The number of hydrogen-bond acceptors (Lipinski definition) is 4. The lowest BCUT2D eigenvalue weighted by molar-refractivity contribution is -0.588. The van der Waals surface area contributed by atoms with Crippen LogP contribution in [-0.2, 0) is 20.4 Å². The fraction of sp³-hybridized carbons (Fsp3) is 0.333. The van der Waals surface area contributed by atoms with E-state index >= 15 is 0 Å². The summed E-state index contributed by atoms with van der Waals surface area (Å²) < 4.78 is 2.50. The number of ketones is 2. The number of Topliss-reactive ketones (excluding diaryl/α,β-unsaturated/α-hetero) is 2. The molecule has 0 N–H and O–H groups in total. The number of carbonyl (C=O) groups excluding carboxylic acids is 2. The Labute approximate surface area is 176 Å². The van der Waals surface area contributed by atoms with Crippen LogP contribution < -0.4 is 19.3 Å². The highest BCUT2D eigenvalue weighted by Crippen LogP contribution is 2.24. The van der Waals surface area contributed by atoms with Gasteiger partial charge in [-0.25, -0.2) is 0 Å². The van der Waals surface area contributed by atoms with Crippen LogP contribution in [0.15, 0.2) is 60.6 Å². The SMILES string of the molecule is CC(C)(C)c1cc[n+](C2=C([O-])C(=O)C([n+]3ccc(C(C)(C)C)cc3)=C([O-])C2=O)cc1. The molecule has 0 aromatic carbocycles. The molecular weight excluding hydrogens is 380 g/mol. The van der Waals surface area contributed by atoms with E-state index in [9.17, 15) is 19.8 Å². The Hall–Kier alpha value is -3.28. The predicted octanol–water partition coefficient (Wildman–Crippen LogP) is 0.766. The minimum absolute atomic E-state index is 0.118. The smallest absolute Gasteiger partial charge is 0.254 e. The summed E-state index contributed by atoms with van der Waals surface area (Å²) in [5.74, 6) is -3.96. The maximum atomic E-state index is 12.8. The van der Waals surface area contributed by atoms with Crippen molar-refractivity contribution in [3.63, 3.8) is 0 Å². The van der Waals surface area contributed by atoms with Crippen LogP contribution in [0, 0.1) is 0 Å². The van der Waals surface area contributed by atoms with Gasteiger partial charge >= 0.3 is 0 Å². The average molecular weight is 406 g/mol. The Kier molecular flexibility index (Phi) is 5.14. The van der Waals surface area contributed by atoms with Gasteiger partial charge in [0.15, 0.2) is 24.8 Å². The number of carbonyl (C=O) groups is 2. The monoisotopic (exact) mass is 406 g/mol. The molecular formula is C24H26N2O4. The standard InChI is InChI=1S/C24H26N2O4/c1-23(2,3)15-7-11-25(12-8-15)17-19(27)21(29)18(22(30)20(17)28)26-13-9-16(10-14-26)24(4,5)6/h7-14H,1-6H3. The second-order valence-corrected chi connectivity index (χ2v) is 9.50. The molecule has 0 bridgehead atoms. The highest BCUT2D eigenvalue weighted by Gasteiger charge is 2.37. The molecule has 30 heavy (non-hydrogen) atoms. The van der Waals surface area contributed by atoms with Gasteiger partial charge in [-0.15, -0.1) is 0 Å². The molecule has 0 aliphatic heterocycles. The Morgan fingerprint density at radius 1 is 0.600 bits per heavy atom. The molecule has 1 aliphatic carbocycles. The summed E-state index contributed by atoms with van der Waals surface area (Å²) in [4.78, 5) is 25.5. The van der Waals surface area contributed by atoms with Crippen molar-refractivity contribution in [2.75, 3.05) is 0 Å². The Balaban J connectivity index is 2.02. The van der Waals surface area contributed by atoms with Crippen molar-refractivity contribution in [3.8, 4) is 0 Å². The normalized spacial score (nSPS) is 15.8. The van der Waals surface area contributed by atoms with Crippen LogP contribution in [-0.4, -0.2) is 11.6 Å². The molecule has 2 aromatic rings. The van der Waals surface area contributed by atoms with Crippen molar-refractivity contribution >= 4 is 23.0 Å². The van der Waals surface area contributed by atoms with E-state index in [4.69, 9.17) is 0 Å². The number of nitrogens with zero attached hydrogens (tertiary/aromatic N) is 2. The van der Waals surface area contributed by atoms with Gasteiger partial charge in [-0.2, -0.15) is 9.13 Å². The average Bonchev–Trinajstić information content (AvgIpc) is 2.66. The van der Waals surface area contributed by atoms with Gasteiger partial charge in [0.25, 0.3) is 11.4 Å². The first-order valence-electron chi connectivity index (χ1n) is 9.78. The van der Waals surface area contributed by atoms with Crippen LogP contribution in [0.4, 0.5) is 0 Å². The van der Waals surface area contributed by atoms with Gasteiger partial charge in [-0.3, -0.25) is 9.59 Å². The highest BCUT2D eigenvalue weighted by atomic mass is 16.3. The summed E-state index contributed by atoms with van der Waals surface area (Å²) >= 11 is 0. The van der Waals surface area contributed by atoms with Gasteiger partial charge in [-0.1, -0.05) is 41.5 Å². The lowest BCUT2D eigenvalue weighted by atomic mass is 9.88. The quantitative estimate of drug-likeness (QED) is 0.544. The zero-order valence-corrected chi connectivity index (χ0v) is 18.1. The Morgan fingerprint density at radius 2 is 0.867 bits per heavy atom. The molecule has 0 atom stereocenters. The van der Waals surface area contributed by atoms with E-state index in [1.807, 2.05) is 41.5 Å². The van der Waals surface area contributed by atoms with Crippen LogP contribution in [0.3, 0.4) is 0 Å². The lowest BCUT2D eigenvalue weighted by Gasteiger charge is -2.23. The minimum atomic E-state index is -0.990. The molecule has 0 radical (unpaired) electrons. The summed E-state index contributed by atoms with van der Waals surface area (Å²) in [5, 5.41) is 25.5. The van der Waals surface area contributed by atoms with E-state index in [0.29, 0.717) is 0 Å². The van der Waals surface area contributed by atoms with Gasteiger partial charge in [0, 0.05) is 35.8 Å². The second-order valence-electron chi connectivity index (χ2n) is 9.50. The maximum Gasteiger partial charge on any atom is 0.254 e. The largest absolute Gasteiger partial charge is 0.865 e. The summed E-state index contributed by atoms with van der Waals surface area (Å²) in [6.45, 7) is 12.2. The molecule has 156 valence electrons. The van der Waals surface area contributed by atoms with Crippen molar-refractivity contribution in [1.29, 1.82) is 0 Å². The second kappa shape index (κ2) is 7.20. The fourth-order valence-electron chi connectivity index (χ4n) is 3.26. The van der Waals surface area contributed by atoms with Crippen molar-refractivity contribution in [3.05, 3.63) is 71.7 Å². The summed E-state index contributed by atoms with van der Waals surface area (Å²) in [5.41, 5.74) is 0.866. The third kappa shape index (κ3) is 3.77. The maximum absolute atomic E-state index is 12.8. The van der Waals surface area contributed by atoms with E-state index in [-0.39, 0.29) is 10.8 Å². The molecule has 2 aromatic heterocycles. The number of hydrogen-bond donors (Lipinski definition) is 0. The molecule has 6 nitrogen and oxygen atoms in total. The van der Waals surface area contributed by atoms with E-state index in [1.165, 1.54) is 33.9 Å². The molecule has 3 rings (SSSR count). The van der Waals surface area contributed by atoms with Gasteiger partial charge < -0.3 is 10.2 Å². The Bertz CT molecular complexity index is 989. The topological polar surface area (TPSA) is 88.0 Å². The first kappa shape index (κ1) is 21.4. The third-order valence-electron chi connectivity index (χ3n) is 5.18. The van der Waals surface area contributed by atoms with Gasteiger partial charge in [0.1, 0.15) is 0 Å². The first-order chi connectivity index (χ1) is 13.8. The fourth-order valence-corrected chi connectivity index (χ4v) is 3.26. The molecule has 0 fully saturated rings. The molecule has 2 heterocycles. The number of allylic oxidation sites excluding steroid dienone is 2. The molecule has 0 amide bonds. The first-order valence-corrected chi connectivity index (χ1v) is 9.78. The zero-order valence-electron chi connectivity index (χ0n) is 18.1. The molecule has 6 heteroatoms. The zero-order chi connectivity index (χ0) is 22.4. The Morgan fingerprint density at radius 3 is 1.10 bits per heavy atom. The van der Waals surface area contributed by atoms with Gasteiger partial charge in [0.2, 0.25) is 11.6 Å². The van der Waals surface area contributed by atoms with E-state index in [0.717, 1.165) is 11.1 Å². The van der Waals surface area contributed by atoms with Gasteiger partial charge in [-0.05, 0) is 22.0 Å². The van der Waals surface area contributed by atoms with Crippen molar-refractivity contribution < 1.29 is 28.9 Å². The van der Waals surface area contributed by atoms with Crippen molar-refractivity contribution in [2.24, 2.45) is 0 Å². The lowest BCUT2D eigenvalue weighted by Crippen LogP contribution is -2.50. The number of rotatable bonds is 2. The summed E-state index contributed by atoms with van der Waals surface area (Å²) in [6, 6.07) is 7.06. The van der Waals surface area contributed by atoms with E-state index < -0.39 is 34.5 Å². The highest BCUT2D eigenvalue weighted by molar-refractivity contribution is 6.38. The van der Waals surface area contributed by atoms with Crippen LogP contribution in [0.25, 0.3) is 11.4 Å². The minimum Gasteiger partial charge on any atom is -0.865 e. The van der Waals surface area contributed by atoms with E-state index in [1.54, 1.807) is 24.3 Å². The van der Waals surface area contributed by atoms with E-state index in [2.05, 4.69) is 0 Å². The van der Waals surface area contributed by atoms with Gasteiger partial charge in [0.05, 0.1) is 0 Å². The van der Waals surface area contributed by atoms with Crippen LogP contribution >= 0.6 is 0 Å². The van der Waals surface area contributed by atoms with Crippen LogP contribution in [0.5, 0.6) is 0 Å².